The molecule has 0 saturated carbocycles. The third kappa shape index (κ3) is 3.22. The molecule has 1 amide bonds. The lowest BCUT2D eigenvalue weighted by Gasteiger charge is -2.33. The maximum absolute atomic E-state index is 12.3. The van der Waals surface area contributed by atoms with Gasteiger partial charge in [-0.3, -0.25) is 4.79 Å². The van der Waals surface area contributed by atoms with E-state index < -0.39 is 0 Å². The van der Waals surface area contributed by atoms with E-state index in [9.17, 15) is 4.79 Å². The van der Waals surface area contributed by atoms with Crippen molar-refractivity contribution >= 4 is 33.3 Å². The van der Waals surface area contributed by atoms with E-state index >= 15 is 0 Å². The summed E-state index contributed by atoms with van der Waals surface area (Å²) in [5.41, 5.74) is 2.97. The van der Waals surface area contributed by atoms with Gasteiger partial charge in [-0.05, 0) is 42.8 Å². The Kier molecular flexibility index (Phi) is 4.36. The maximum atomic E-state index is 12.3. The van der Waals surface area contributed by atoms with Crippen LogP contribution in [0.2, 0.25) is 0 Å². The first-order valence-electron chi connectivity index (χ1n) is 8.52. The lowest BCUT2D eigenvalue weighted by molar-refractivity contribution is 0.0931. The minimum atomic E-state index is 0.0114. The third-order valence-electron chi connectivity index (χ3n) is 4.68. The molecular weight excluding hydrogens is 332 g/mol. The van der Waals surface area contributed by atoms with E-state index in [-0.39, 0.29) is 11.9 Å². The van der Waals surface area contributed by atoms with Gasteiger partial charge in [0.2, 0.25) is 0 Å². The normalized spacial score (nSPS) is 15.5. The number of benzene rings is 1. The number of piperidine rings is 1. The second kappa shape index (κ2) is 6.80. The van der Waals surface area contributed by atoms with Gasteiger partial charge in [0.1, 0.15) is 12.1 Å². The Morgan fingerprint density at radius 1 is 1.20 bits per heavy atom. The summed E-state index contributed by atoms with van der Waals surface area (Å²) < 4.78 is 1.16. The molecule has 0 unspecified atom stereocenters. The van der Waals surface area contributed by atoms with E-state index in [4.69, 9.17) is 0 Å². The van der Waals surface area contributed by atoms with E-state index in [1.165, 1.54) is 5.56 Å². The Balaban J connectivity index is 1.42. The van der Waals surface area contributed by atoms with E-state index in [0.29, 0.717) is 0 Å². The molecule has 6 heteroatoms. The van der Waals surface area contributed by atoms with Gasteiger partial charge in [0, 0.05) is 24.7 Å². The number of rotatable bonds is 3. The average Bonchev–Trinajstić information content (AvgIpc) is 3.04. The number of fused-ring (bicyclic) bond motifs is 1. The topological polar surface area (TPSA) is 58.1 Å². The van der Waals surface area contributed by atoms with Gasteiger partial charge in [-0.2, -0.15) is 0 Å². The highest BCUT2D eigenvalue weighted by atomic mass is 32.1. The molecule has 3 heterocycles. The quantitative estimate of drug-likeness (QED) is 0.785. The number of nitrogens with one attached hydrogen (secondary N) is 1. The number of carbonyl (C=O) groups is 1. The fourth-order valence-electron chi connectivity index (χ4n) is 3.28. The van der Waals surface area contributed by atoms with Crippen molar-refractivity contribution in [1.82, 2.24) is 15.3 Å². The zero-order valence-electron chi connectivity index (χ0n) is 14.1. The molecule has 0 bridgehead atoms. The molecule has 1 fully saturated rings. The number of hydrogen-bond acceptors (Lipinski definition) is 5. The second-order valence-corrected chi connectivity index (χ2v) is 7.27. The van der Waals surface area contributed by atoms with Crippen LogP contribution in [0.4, 0.5) is 5.82 Å². The molecule has 0 atom stereocenters. The van der Waals surface area contributed by atoms with Gasteiger partial charge in [-0.25, -0.2) is 9.97 Å². The maximum Gasteiger partial charge on any atom is 0.251 e. The van der Waals surface area contributed by atoms with E-state index in [0.717, 1.165) is 47.5 Å². The number of hydrogen-bond donors (Lipinski definition) is 1. The van der Waals surface area contributed by atoms with Gasteiger partial charge in [0.05, 0.1) is 10.2 Å². The summed E-state index contributed by atoms with van der Waals surface area (Å²) in [7, 11) is 0. The fraction of sp³-hybridized carbons (Fsp3) is 0.316. The SMILES string of the molecule is Cc1csc2c(N3CCC(NC(=O)c4ccccc4)CC3)ncnc12. The molecule has 0 radical (unpaired) electrons. The molecular formula is C19H20N4OS. The monoisotopic (exact) mass is 352 g/mol. The summed E-state index contributed by atoms with van der Waals surface area (Å²) >= 11 is 1.71. The summed E-state index contributed by atoms with van der Waals surface area (Å²) in [6, 6.07) is 9.61. The molecule has 1 saturated heterocycles. The smallest absolute Gasteiger partial charge is 0.251 e. The van der Waals surface area contributed by atoms with Crippen molar-refractivity contribution in [3.63, 3.8) is 0 Å². The first-order chi connectivity index (χ1) is 12.2. The number of nitrogens with zero attached hydrogens (tertiary/aromatic N) is 3. The molecule has 2 aromatic heterocycles. The van der Waals surface area contributed by atoms with Gasteiger partial charge < -0.3 is 10.2 Å². The average molecular weight is 352 g/mol. The van der Waals surface area contributed by atoms with Crippen LogP contribution in [0.5, 0.6) is 0 Å². The number of thiophene rings is 1. The molecule has 128 valence electrons. The molecule has 1 N–H and O–H groups in total. The van der Waals surface area contributed by atoms with Crippen molar-refractivity contribution in [1.29, 1.82) is 0 Å². The van der Waals surface area contributed by atoms with Crippen LogP contribution in [0.3, 0.4) is 0 Å². The molecule has 1 aromatic carbocycles. The molecule has 1 aliphatic rings. The number of amides is 1. The van der Waals surface area contributed by atoms with Crippen molar-refractivity contribution in [2.24, 2.45) is 0 Å². The fourth-order valence-corrected chi connectivity index (χ4v) is 4.29. The Morgan fingerprint density at radius 3 is 2.72 bits per heavy atom. The lowest BCUT2D eigenvalue weighted by Crippen LogP contribution is -2.45. The standard InChI is InChI=1S/C19H20N4OS/c1-13-11-25-17-16(13)20-12-21-18(17)23-9-7-15(8-10-23)22-19(24)14-5-3-2-4-6-14/h2-6,11-12,15H,7-10H2,1H3,(H,22,24). The highest BCUT2D eigenvalue weighted by Crippen LogP contribution is 2.32. The van der Waals surface area contributed by atoms with E-state index in [1.54, 1.807) is 17.7 Å². The number of carbonyl (C=O) groups excluding carboxylic acids is 1. The van der Waals surface area contributed by atoms with Crippen LogP contribution in [0.15, 0.2) is 42.0 Å². The number of aryl methyl sites for hydroxylation is 1. The number of anilines is 1. The predicted octanol–water partition coefficient (Wildman–Crippen LogP) is 3.40. The van der Waals surface area contributed by atoms with E-state index in [2.05, 4.69) is 32.5 Å². The van der Waals surface area contributed by atoms with Gasteiger partial charge in [-0.1, -0.05) is 18.2 Å². The van der Waals surface area contributed by atoms with Crippen LogP contribution in [-0.4, -0.2) is 35.0 Å². The van der Waals surface area contributed by atoms with Crippen LogP contribution in [0.1, 0.15) is 28.8 Å². The minimum absolute atomic E-state index is 0.0114. The molecule has 5 nitrogen and oxygen atoms in total. The second-order valence-electron chi connectivity index (χ2n) is 6.39. The summed E-state index contributed by atoms with van der Waals surface area (Å²) in [6.07, 6.45) is 3.50. The van der Waals surface area contributed by atoms with Crippen molar-refractivity contribution < 1.29 is 4.79 Å². The zero-order chi connectivity index (χ0) is 17.2. The van der Waals surface area contributed by atoms with Crippen LogP contribution in [0.25, 0.3) is 10.2 Å². The van der Waals surface area contributed by atoms with Crippen LogP contribution in [-0.2, 0) is 0 Å². The van der Waals surface area contributed by atoms with Crippen molar-refractivity contribution in [3.05, 3.63) is 53.2 Å². The van der Waals surface area contributed by atoms with Crippen molar-refractivity contribution in [3.8, 4) is 0 Å². The molecule has 4 rings (SSSR count). The van der Waals surface area contributed by atoms with Gasteiger partial charge >= 0.3 is 0 Å². The van der Waals surface area contributed by atoms with Crippen LogP contribution >= 0.6 is 11.3 Å². The molecule has 0 aliphatic carbocycles. The Labute approximate surface area is 150 Å². The highest BCUT2D eigenvalue weighted by molar-refractivity contribution is 7.18. The van der Waals surface area contributed by atoms with Gasteiger partial charge in [0.15, 0.2) is 0 Å². The highest BCUT2D eigenvalue weighted by Gasteiger charge is 2.23. The Bertz CT molecular complexity index is 885. The lowest BCUT2D eigenvalue weighted by atomic mass is 10.0. The summed E-state index contributed by atoms with van der Waals surface area (Å²) in [6.45, 7) is 3.87. The van der Waals surface area contributed by atoms with Crippen LogP contribution in [0, 0.1) is 6.92 Å². The molecule has 1 aliphatic heterocycles. The molecule has 0 spiro atoms. The Hall–Kier alpha value is -2.47. The predicted molar refractivity (Wildman–Crippen MR) is 101 cm³/mol. The summed E-state index contributed by atoms with van der Waals surface area (Å²) in [5, 5.41) is 5.29. The Morgan fingerprint density at radius 2 is 1.96 bits per heavy atom. The van der Waals surface area contributed by atoms with Gasteiger partial charge in [-0.15, -0.1) is 11.3 Å². The minimum Gasteiger partial charge on any atom is -0.355 e. The van der Waals surface area contributed by atoms with E-state index in [1.807, 2.05) is 30.3 Å². The molecule has 3 aromatic rings. The van der Waals surface area contributed by atoms with Gasteiger partial charge in [0.25, 0.3) is 5.91 Å². The van der Waals surface area contributed by atoms with Crippen molar-refractivity contribution in [2.45, 2.75) is 25.8 Å². The first-order valence-corrected chi connectivity index (χ1v) is 9.40. The first kappa shape index (κ1) is 16.0. The van der Waals surface area contributed by atoms with Crippen LogP contribution < -0.4 is 10.2 Å². The number of aromatic nitrogens is 2. The summed E-state index contributed by atoms with van der Waals surface area (Å²) in [5.74, 6) is 1.04. The van der Waals surface area contributed by atoms with Crippen molar-refractivity contribution in [2.75, 3.05) is 18.0 Å². The summed E-state index contributed by atoms with van der Waals surface area (Å²) in [4.78, 5) is 23.5. The molecule has 25 heavy (non-hydrogen) atoms. The zero-order valence-corrected chi connectivity index (χ0v) is 14.9. The largest absolute Gasteiger partial charge is 0.355 e. The third-order valence-corrected chi connectivity index (χ3v) is 5.76.